The van der Waals surface area contributed by atoms with Crippen molar-refractivity contribution in [3.63, 3.8) is 0 Å². The van der Waals surface area contributed by atoms with Crippen LogP contribution in [0.5, 0.6) is 0 Å². The van der Waals surface area contributed by atoms with Crippen molar-refractivity contribution in [2.45, 2.75) is 0 Å². The summed E-state index contributed by atoms with van der Waals surface area (Å²) in [6, 6.07) is 1.70. The third kappa shape index (κ3) is 2.20. The molecule has 94 valence electrons. The largest absolute Gasteiger partial charge is 0.348 e. The predicted octanol–water partition coefficient (Wildman–Crippen LogP) is 0.240. The number of carbonyl (C=O) groups is 3. The summed E-state index contributed by atoms with van der Waals surface area (Å²) in [6.07, 6.45) is 0.310. The molecule has 1 N–H and O–H groups in total. The number of piperazine rings is 1. The molecule has 2 rings (SSSR count). The maximum Gasteiger partial charge on any atom is 0.246 e. The fourth-order valence-electron chi connectivity index (χ4n) is 1.75. The minimum atomic E-state index is -0.986. The van der Waals surface area contributed by atoms with Crippen molar-refractivity contribution in [2.75, 3.05) is 18.0 Å². The van der Waals surface area contributed by atoms with E-state index >= 15 is 0 Å². The molecule has 2 amide bonds. The molecule has 0 bridgehead atoms. The van der Waals surface area contributed by atoms with Gasteiger partial charge in [0, 0.05) is 5.56 Å². The van der Waals surface area contributed by atoms with E-state index < -0.39 is 29.1 Å². The van der Waals surface area contributed by atoms with E-state index in [9.17, 15) is 23.2 Å². The van der Waals surface area contributed by atoms with Gasteiger partial charge in [-0.15, -0.1) is 0 Å². The predicted molar refractivity (Wildman–Crippen MR) is 57.1 cm³/mol. The van der Waals surface area contributed by atoms with Crippen LogP contribution >= 0.6 is 0 Å². The average molecular weight is 254 g/mol. The molecule has 0 radical (unpaired) electrons. The summed E-state index contributed by atoms with van der Waals surface area (Å²) >= 11 is 0. The summed E-state index contributed by atoms with van der Waals surface area (Å²) in [7, 11) is 0. The summed E-state index contributed by atoms with van der Waals surface area (Å²) in [5.74, 6) is -3.24. The molecule has 1 aromatic carbocycles. The molecule has 1 saturated heterocycles. The maximum absolute atomic E-state index is 13.7. The number of carbonyl (C=O) groups excluding carboxylic acids is 3. The standard InChI is InChI=1S/C11H8F2N2O3/c12-7-1-6(5-16)2-8(13)11(7)15-3-9(17)14-10(18)4-15/h1-2,5H,3-4H2,(H,14,17,18). The lowest BCUT2D eigenvalue weighted by Gasteiger charge is -2.27. The third-order valence-corrected chi connectivity index (χ3v) is 2.44. The molecule has 0 spiro atoms. The van der Waals surface area contributed by atoms with E-state index in [1.165, 1.54) is 0 Å². The fraction of sp³-hybridized carbons (Fsp3) is 0.182. The van der Waals surface area contributed by atoms with Crippen LogP contribution < -0.4 is 10.2 Å². The van der Waals surface area contributed by atoms with Crippen molar-refractivity contribution in [2.24, 2.45) is 0 Å². The van der Waals surface area contributed by atoms with Gasteiger partial charge in [0.1, 0.15) is 23.6 Å². The van der Waals surface area contributed by atoms with Crippen LogP contribution in [0.4, 0.5) is 14.5 Å². The number of amides is 2. The highest BCUT2D eigenvalue weighted by molar-refractivity contribution is 6.02. The van der Waals surface area contributed by atoms with Gasteiger partial charge in [0.2, 0.25) is 11.8 Å². The highest BCUT2D eigenvalue weighted by atomic mass is 19.1. The Bertz CT molecular complexity index is 506. The number of hydrogen-bond acceptors (Lipinski definition) is 4. The van der Waals surface area contributed by atoms with Crippen molar-refractivity contribution >= 4 is 23.8 Å². The van der Waals surface area contributed by atoms with Gasteiger partial charge in [0.25, 0.3) is 0 Å². The number of nitrogens with one attached hydrogen (secondary N) is 1. The number of hydrogen-bond donors (Lipinski definition) is 1. The van der Waals surface area contributed by atoms with Gasteiger partial charge in [-0.25, -0.2) is 8.78 Å². The zero-order valence-corrected chi connectivity index (χ0v) is 9.07. The highest BCUT2D eigenvalue weighted by Gasteiger charge is 2.27. The second-order valence-electron chi connectivity index (χ2n) is 3.78. The van der Waals surface area contributed by atoms with Gasteiger partial charge in [0.05, 0.1) is 13.1 Å². The zero-order valence-electron chi connectivity index (χ0n) is 9.07. The Morgan fingerprint density at radius 3 is 2.06 bits per heavy atom. The number of benzene rings is 1. The summed E-state index contributed by atoms with van der Waals surface area (Å²) < 4.78 is 27.3. The lowest BCUT2D eigenvalue weighted by Crippen LogP contribution is -2.52. The van der Waals surface area contributed by atoms with Crippen LogP contribution in [0.2, 0.25) is 0 Å². The van der Waals surface area contributed by atoms with Gasteiger partial charge in [0.15, 0.2) is 0 Å². The molecule has 0 unspecified atom stereocenters. The summed E-state index contributed by atoms with van der Waals surface area (Å²) in [5, 5.41) is 2.02. The number of imide groups is 1. The van der Waals surface area contributed by atoms with Crippen molar-refractivity contribution in [1.29, 1.82) is 0 Å². The minimum absolute atomic E-state index is 0.151. The third-order valence-electron chi connectivity index (χ3n) is 2.44. The monoisotopic (exact) mass is 254 g/mol. The molecule has 5 nitrogen and oxygen atoms in total. The quantitative estimate of drug-likeness (QED) is 0.606. The SMILES string of the molecule is O=Cc1cc(F)c(N2CC(=O)NC(=O)C2)c(F)c1. The summed E-state index contributed by atoms with van der Waals surface area (Å²) in [5.41, 5.74) is -0.634. The molecule has 1 aliphatic rings. The van der Waals surface area contributed by atoms with Gasteiger partial charge in [-0.05, 0) is 12.1 Å². The van der Waals surface area contributed by atoms with Crippen molar-refractivity contribution in [3.05, 3.63) is 29.3 Å². The van der Waals surface area contributed by atoms with Gasteiger partial charge in [-0.1, -0.05) is 0 Å². The first-order valence-electron chi connectivity index (χ1n) is 5.03. The van der Waals surface area contributed by atoms with Gasteiger partial charge >= 0.3 is 0 Å². The first-order chi connectivity index (χ1) is 8.51. The topological polar surface area (TPSA) is 66.5 Å². The molecule has 0 aliphatic carbocycles. The van der Waals surface area contributed by atoms with E-state index in [4.69, 9.17) is 0 Å². The van der Waals surface area contributed by atoms with Crippen molar-refractivity contribution < 1.29 is 23.2 Å². The van der Waals surface area contributed by atoms with Crippen LogP contribution in [-0.2, 0) is 9.59 Å². The molecule has 0 aromatic heterocycles. The fourth-order valence-corrected chi connectivity index (χ4v) is 1.75. The number of nitrogens with zero attached hydrogens (tertiary/aromatic N) is 1. The zero-order chi connectivity index (χ0) is 13.3. The van der Waals surface area contributed by atoms with Crippen LogP contribution in [0.15, 0.2) is 12.1 Å². The number of rotatable bonds is 2. The lowest BCUT2D eigenvalue weighted by atomic mass is 10.1. The van der Waals surface area contributed by atoms with Crippen LogP contribution in [0.3, 0.4) is 0 Å². The van der Waals surface area contributed by atoms with Crippen LogP contribution in [0.25, 0.3) is 0 Å². The first-order valence-corrected chi connectivity index (χ1v) is 5.03. The van der Waals surface area contributed by atoms with Gasteiger partial charge in [-0.2, -0.15) is 0 Å². The maximum atomic E-state index is 13.7. The smallest absolute Gasteiger partial charge is 0.246 e. The average Bonchev–Trinajstić information content (AvgIpc) is 2.26. The molecule has 7 heteroatoms. The van der Waals surface area contributed by atoms with E-state index in [1.807, 2.05) is 5.32 Å². The Hall–Kier alpha value is -2.31. The minimum Gasteiger partial charge on any atom is -0.348 e. The van der Waals surface area contributed by atoms with Crippen LogP contribution in [0, 0.1) is 11.6 Å². The van der Waals surface area contributed by atoms with Crippen LogP contribution in [0.1, 0.15) is 10.4 Å². The molecule has 1 fully saturated rings. The molecule has 1 heterocycles. The summed E-state index contributed by atoms with van der Waals surface area (Å²) in [4.78, 5) is 33.7. The van der Waals surface area contributed by atoms with E-state index in [-0.39, 0.29) is 18.7 Å². The van der Waals surface area contributed by atoms with E-state index in [0.29, 0.717) is 6.29 Å². The normalized spacial score (nSPS) is 15.6. The van der Waals surface area contributed by atoms with E-state index in [2.05, 4.69) is 0 Å². The number of halogens is 2. The number of aldehydes is 1. The van der Waals surface area contributed by atoms with E-state index in [0.717, 1.165) is 17.0 Å². The lowest BCUT2D eigenvalue weighted by molar-refractivity contribution is -0.130. The Morgan fingerprint density at radius 1 is 1.11 bits per heavy atom. The Kier molecular flexibility index (Phi) is 3.05. The Balaban J connectivity index is 2.41. The summed E-state index contributed by atoms with van der Waals surface area (Å²) in [6.45, 7) is -0.639. The molecule has 18 heavy (non-hydrogen) atoms. The number of anilines is 1. The highest BCUT2D eigenvalue weighted by Crippen LogP contribution is 2.25. The molecular weight excluding hydrogens is 246 g/mol. The molecular formula is C11H8F2N2O3. The molecule has 0 atom stereocenters. The Morgan fingerprint density at radius 2 is 1.61 bits per heavy atom. The molecule has 1 aliphatic heterocycles. The molecule has 1 aromatic rings. The Labute approximate surface area is 100 Å². The van der Waals surface area contributed by atoms with E-state index in [1.54, 1.807) is 0 Å². The first kappa shape index (κ1) is 12.2. The molecule has 0 saturated carbocycles. The van der Waals surface area contributed by atoms with Crippen molar-refractivity contribution in [3.8, 4) is 0 Å². The van der Waals surface area contributed by atoms with Crippen LogP contribution in [-0.4, -0.2) is 31.2 Å². The van der Waals surface area contributed by atoms with Gasteiger partial charge in [-0.3, -0.25) is 19.7 Å². The van der Waals surface area contributed by atoms with Gasteiger partial charge < -0.3 is 4.90 Å². The second kappa shape index (κ2) is 4.52. The second-order valence-corrected chi connectivity index (χ2v) is 3.78. The van der Waals surface area contributed by atoms with Crippen molar-refractivity contribution in [1.82, 2.24) is 5.32 Å².